The summed E-state index contributed by atoms with van der Waals surface area (Å²) >= 11 is 2.97. The Labute approximate surface area is 95.0 Å². The van der Waals surface area contributed by atoms with Crippen molar-refractivity contribution in [3.8, 4) is 11.5 Å². The molecule has 0 spiro atoms. The Morgan fingerprint density at radius 2 is 2.33 bits per heavy atom. The number of halogens is 2. The summed E-state index contributed by atoms with van der Waals surface area (Å²) in [6.45, 7) is 0. The number of aromatic hydroxyl groups is 1. The van der Waals surface area contributed by atoms with Gasteiger partial charge < -0.3 is 14.6 Å². The van der Waals surface area contributed by atoms with Crippen molar-refractivity contribution >= 4 is 22.2 Å². The zero-order valence-electron chi connectivity index (χ0n) is 8.09. The number of carbonyl (C=O) groups excluding carboxylic acids is 1. The number of hydrogen-bond donors (Lipinski definition) is 1. The van der Waals surface area contributed by atoms with Crippen molar-refractivity contribution in [1.29, 1.82) is 0 Å². The van der Waals surface area contributed by atoms with Crippen molar-refractivity contribution in [2.24, 2.45) is 0 Å². The molecule has 0 atom stereocenters. The van der Waals surface area contributed by atoms with E-state index in [1.54, 1.807) is 0 Å². The summed E-state index contributed by atoms with van der Waals surface area (Å²) in [5.41, 5.74) is 0.205. The molecule has 0 aliphatic heterocycles. The first kappa shape index (κ1) is 12.0. The molecule has 1 aromatic rings. The van der Waals surface area contributed by atoms with Gasteiger partial charge in [0.1, 0.15) is 12.1 Å². The Morgan fingerprint density at radius 3 is 2.87 bits per heavy atom. The third-order valence-electron chi connectivity index (χ3n) is 1.96. The molecule has 0 unspecified atom stereocenters. The third kappa shape index (κ3) is 2.47. The lowest BCUT2D eigenvalue weighted by atomic mass is 10.1. The van der Waals surface area contributed by atoms with Gasteiger partial charge in [-0.05, 0) is 22.4 Å². The van der Waals surface area contributed by atoms with Crippen LogP contribution >= 0.6 is 15.9 Å². The molecule has 1 N–H and O–H groups in total. The van der Waals surface area contributed by atoms with Crippen LogP contribution < -0.4 is 4.74 Å². The first-order valence-electron chi connectivity index (χ1n) is 4.29. The molecule has 0 saturated carbocycles. The lowest BCUT2D eigenvalue weighted by Crippen LogP contribution is -1.98. The predicted octanol–water partition coefficient (Wildman–Crippen LogP) is 2.43. The van der Waals surface area contributed by atoms with Gasteiger partial charge in [0.2, 0.25) is 0 Å². The highest BCUT2D eigenvalue weighted by molar-refractivity contribution is 9.10. The molecule has 0 saturated heterocycles. The number of methoxy groups -OCH3 is 1. The minimum absolute atomic E-state index is 0.0811. The van der Waals surface area contributed by atoms with Crippen LogP contribution in [-0.2, 0) is 11.2 Å². The standard InChI is InChI=1S/C10H10BrFO3/c1-15-10-6(3-2-4-13)9(12)7(11)5-8(10)14/h4-5,14H,2-3H2,1H3. The summed E-state index contributed by atoms with van der Waals surface area (Å²) in [4.78, 5) is 10.2. The molecule has 0 heterocycles. The fraction of sp³-hybridized carbons (Fsp3) is 0.300. The van der Waals surface area contributed by atoms with Crippen LogP contribution in [-0.4, -0.2) is 18.5 Å². The van der Waals surface area contributed by atoms with Crippen LogP contribution in [0.5, 0.6) is 11.5 Å². The third-order valence-corrected chi connectivity index (χ3v) is 2.54. The van der Waals surface area contributed by atoms with E-state index in [0.717, 1.165) is 0 Å². The molecular formula is C10H10BrFO3. The van der Waals surface area contributed by atoms with Gasteiger partial charge in [-0.25, -0.2) is 4.39 Å². The molecule has 1 aromatic carbocycles. The smallest absolute Gasteiger partial charge is 0.166 e. The molecule has 0 fully saturated rings. The van der Waals surface area contributed by atoms with Crippen LogP contribution in [0.25, 0.3) is 0 Å². The predicted molar refractivity (Wildman–Crippen MR) is 56.7 cm³/mol. The highest BCUT2D eigenvalue weighted by Crippen LogP contribution is 2.36. The zero-order valence-corrected chi connectivity index (χ0v) is 9.67. The van der Waals surface area contributed by atoms with E-state index in [2.05, 4.69) is 15.9 Å². The lowest BCUT2D eigenvalue weighted by Gasteiger charge is -2.11. The summed E-state index contributed by atoms with van der Waals surface area (Å²) in [5, 5.41) is 9.49. The average Bonchev–Trinajstić information content (AvgIpc) is 2.21. The van der Waals surface area contributed by atoms with Gasteiger partial charge in [-0.3, -0.25) is 0 Å². The van der Waals surface area contributed by atoms with Gasteiger partial charge in [-0.2, -0.15) is 0 Å². The van der Waals surface area contributed by atoms with E-state index >= 15 is 0 Å². The summed E-state index contributed by atoms with van der Waals surface area (Å²) in [7, 11) is 1.34. The summed E-state index contributed by atoms with van der Waals surface area (Å²) in [6.07, 6.45) is 1.07. The average molecular weight is 277 g/mol. The van der Waals surface area contributed by atoms with Crippen LogP contribution in [0.4, 0.5) is 4.39 Å². The van der Waals surface area contributed by atoms with Crippen molar-refractivity contribution in [1.82, 2.24) is 0 Å². The maximum Gasteiger partial charge on any atom is 0.166 e. The molecule has 0 aliphatic carbocycles. The zero-order chi connectivity index (χ0) is 11.4. The van der Waals surface area contributed by atoms with Crippen molar-refractivity contribution < 1.29 is 19.0 Å². The fourth-order valence-electron chi connectivity index (χ4n) is 1.30. The molecule has 15 heavy (non-hydrogen) atoms. The second-order valence-corrected chi connectivity index (χ2v) is 3.76. The number of hydrogen-bond acceptors (Lipinski definition) is 3. The highest BCUT2D eigenvalue weighted by atomic mass is 79.9. The Morgan fingerprint density at radius 1 is 1.67 bits per heavy atom. The molecule has 0 aromatic heterocycles. The first-order chi connectivity index (χ1) is 7.11. The van der Waals surface area contributed by atoms with Crippen LogP contribution in [0.15, 0.2) is 10.5 Å². The van der Waals surface area contributed by atoms with Gasteiger partial charge in [0.15, 0.2) is 11.5 Å². The van der Waals surface area contributed by atoms with E-state index in [9.17, 15) is 14.3 Å². The summed E-state index contributed by atoms with van der Waals surface area (Å²) in [5.74, 6) is -0.573. The summed E-state index contributed by atoms with van der Waals surface area (Å²) in [6, 6.07) is 1.22. The molecule has 0 bridgehead atoms. The molecule has 82 valence electrons. The van der Waals surface area contributed by atoms with E-state index in [1.807, 2.05) is 0 Å². The second kappa shape index (κ2) is 5.11. The van der Waals surface area contributed by atoms with Crippen LogP contribution in [0.2, 0.25) is 0 Å². The number of benzene rings is 1. The number of carbonyl (C=O) groups is 1. The van der Waals surface area contributed by atoms with Crippen molar-refractivity contribution in [2.75, 3.05) is 7.11 Å². The first-order valence-corrected chi connectivity index (χ1v) is 5.08. The molecule has 1 rings (SSSR count). The number of aldehydes is 1. The van der Waals surface area contributed by atoms with Gasteiger partial charge in [-0.1, -0.05) is 0 Å². The summed E-state index contributed by atoms with van der Waals surface area (Å²) < 4.78 is 18.6. The second-order valence-electron chi connectivity index (χ2n) is 2.91. The van der Waals surface area contributed by atoms with E-state index in [-0.39, 0.29) is 34.4 Å². The minimum atomic E-state index is -0.508. The Bertz CT molecular complexity index is 379. The van der Waals surface area contributed by atoms with E-state index in [0.29, 0.717) is 6.29 Å². The Kier molecular flexibility index (Phi) is 4.08. The SMILES string of the molecule is COc1c(O)cc(Br)c(F)c1CCC=O. The number of ether oxygens (including phenoxy) is 1. The maximum absolute atomic E-state index is 13.6. The van der Waals surface area contributed by atoms with Crippen molar-refractivity contribution in [3.63, 3.8) is 0 Å². The van der Waals surface area contributed by atoms with Crippen molar-refractivity contribution in [2.45, 2.75) is 12.8 Å². The topological polar surface area (TPSA) is 46.5 Å². The van der Waals surface area contributed by atoms with Gasteiger partial charge in [0.25, 0.3) is 0 Å². The van der Waals surface area contributed by atoms with Gasteiger partial charge in [0, 0.05) is 18.1 Å². The van der Waals surface area contributed by atoms with Gasteiger partial charge in [-0.15, -0.1) is 0 Å². The number of rotatable bonds is 4. The molecule has 0 radical (unpaired) electrons. The molecule has 3 nitrogen and oxygen atoms in total. The Hall–Kier alpha value is -1.10. The van der Waals surface area contributed by atoms with Gasteiger partial charge >= 0.3 is 0 Å². The molecular weight excluding hydrogens is 267 g/mol. The largest absolute Gasteiger partial charge is 0.504 e. The number of phenolic OH excluding ortho intramolecular Hbond substituents is 1. The number of phenols is 1. The quantitative estimate of drug-likeness (QED) is 0.860. The lowest BCUT2D eigenvalue weighted by molar-refractivity contribution is -0.107. The Balaban J connectivity index is 3.23. The van der Waals surface area contributed by atoms with Crippen LogP contribution in [0.3, 0.4) is 0 Å². The molecule has 0 amide bonds. The van der Waals surface area contributed by atoms with E-state index in [4.69, 9.17) is 4.74 Å². The minimum Gasteiger partial charge on any atom is -0.504 e. The van der Waals surface area contributed by atoms with Gasteiger partial charge in [0.05, 0.1) is 11.6 Å². The van der Waals surface area contributed by atoms with E-state index in [1.165, 1.54) is 13.2 Å². The molecule has 5 heteroatoms. The van der Waals surface area contributed by atoms with Crippen LogP contribution in [0, 0.1) is 5.82 Å². The highest BCUT2D eigenvalue weighted by Gasteiger charge is 2.17. The maximum atomic E-state index is 13.6. The molecule has 0 aliphatic rings. The van der Waals surface area contributed by atoms with Crippen LogP contribution in [0.1, 0.15) is 12.0 Å². The monoisotopic (exact) mass is 276 g/mol. The normalized spacial score (nSPS) is 10.1. The van der Waals surface area contributed by atoms with Crippen molar-refractivity contribution in [3.05, 3.63) is 21.9 Å². The van der Waals surface area contributed by atoms with E-state index < -0.39 is 5.82 Å². The fourth-order valence-corrected chi connectivity index (χ4v) is 1.76.